The van der Waals surface area contributed by atoms with E-state index in [4.69, 9.17) is 0 Å². The van der Waals surface area contributed by atoms with Crippen LogP contribution in [0.1, 0.15) is 34.6 Å². The van der Waals surface area contributed by atoms with E-state index in [-0.39, 0.29) is 17.4 Å². The van der Waals surface area contributed by atoms with Crippen LogP contribution in [-0.4, -0.2) is 36.0 Å². The van der Waals surface area contributed by atoms with Crippen LogP contribution >= 0.6 is 11.8 Å². The summed E-state index contributed by atoms with van der Waals surface area (Å²) in [6.45, 7) is 12.0. The molecule has 0 bridgehead atoms. The van der Waals surface area contributed by atoms with Gasteiger partial charge in [0.15, 0.2) is 5.17 Å². The second kappa shape index (κ2) is 6.45. The molecule has 0 saturated carbocycles. The molecule has 4 nitrogen and oxygen atoms in total. The Hall–Kier alpha value is -0.710. The van der Waals surface area contributed by atoms with E-state index >= 15 is 0 Å². The predicted octanol–water partition coefficient (Wildman–Crippen LogP) is 1.87. The van der Waals surface area contributed by atoms with Crippen LogP contribution in [-0.2, 0) is 4.79 Å². The summed E-state index contributed by atoms with van der Waals surface area (Å²) in [5, 5.41) is 6.99. The van der Waals surface area contributed by atoms with Crippen molar-refractivity contribution < 1.29 is 4.79 Å². The highest BCUT2D eigenvalue weighted by Crippen LogP contribution is 2.27. The summed E-state index contributed by atoms with van der Waals surface area (Å²) in [7, 11) is 0. The van der Waals surface area contributed by atoms with Crippen LogP contribution in [0.3, 0.4) is 0 Å². The van der Waals surface area contributed by atoms with Gasteiger partial charge in [-0.1, -0.05) is 39.5 Å². The van der Waals surface area contributed by atoms with E-state index in [1.165, 1.54) is 0 Å². The number of thioether (sulfide) groups is 1. The summed E-state index contributed by atoms with van der Waals surface area (Å²) >= 11 is 1.70. The topological polar surface area (TPSA) is 53.5 Å². The molecule has 0 spiro atoms. The van der Waals surface area contributed by atoms with E-state index in [1.807, 2.05) is 6.92 Å². The fraction of sp³-hybridized carbons (Fsp3) is 0.846. The third kappa shape index (κ3) is 5.29. The first kappa shape index (κ1) is 15.3. The zero-order chi connectivity index (χ0) is 13.8. The predicted molar refractivity (Wildman–Crippen MR) is 79.0 cm³/mol. The maximum absolute atomic E-state index is 11.8. The van der Waals surface area contributed by atoms with E-state index in [2.05, 4.69) is 43.3 Å². The third-order valence-electron chi connectivity index (χ3n) is 2.67. The van der Waals surface area contributed by atoms with Crippen LogP contribution in [0, 0.1) is 11.3 Å². The first-order valence-corrected chi connectivity index (χ1v) is 7.50. The van der Waals surface area contributed by atoms with E-state index in [1.54, 1.807) is 11.8 Å². The Bertz CT molecular complexity index is 326. The highest BCUT2D eigenvalue weighted by Gasteiger charge is 2.24. The molecule has 1 aliphatic heterocycles. The lowest BCUT2D eigenvalue weighted by Crippen LogP contribution is -2.46. The first-order valence-electron chi connectivity index (χ1n) is 6.52. The van der Waals surface area contributed by atoms with Crippen LogP contribution in [0.25, 0.3) is 0 Å². The van der Waals surface area contributed by atoms with Crippen molar-refractivity contribution in [2.24, 2.45) is 16.3 Å². The molecule has 0 fully saturated rings. The zero-order valence-electron chi connectivity index (χ0n) is 12.0. The van der Waals surface area contributed by atoms with Gasteiger partial charge in [0, 0.05) is 18.8 Å². The number of nitrogens with one attached hydrogen (secondary N) is 2. The lowest BCUT2D eigenvalue weighted by atomic mass is 9.97. The fourth-order valence-corrected chi connectivity index (χ4v) is 2.47. The normalized spacial score (nSPS) is 20.2. The molecule has 1 unspecified atom stereocenters. The van der Waals surface area contributed by atoms with E-state index in [0.717, 1.165) is 24.0 Å². The Morgan fingerprint density at radius 2 is 2.11 bits per heavy atom. The van der Waals surface area contributed by atoms with Gasteiger partial charge in [-0.3, -0.25) is 9.79 Å². The first-order chi connectivity index (χ1) is 8.30. The molecule has 18 heavy (non-hydrogen) atoms. The number of amides is 1. The molecular weight excluding hydrogens is 246 g/mol. The van der Waals surface area contributed by atoms with Crippen molar-refractivity contribution in [1.82, 2.24) is 10.6 Å². The number of carbonyl (C=O) groups excluding carboxylic acids is 1. The number of nitrogens with zero attached hydrogens (tertiary/aromatic N) is 1. The van der Waals surface area contributed by atoms with E-state index in [9.17, 15) is 4.79 Å². The molecule has 0 aliphatic carbocycles. The summed E-state index contributed by atoms with van der Waals surface area (Å²) in [5.41, 5.74) is 0.263. The SMILES string of the molecule is CC(C)CNC(=O)C(C)NC1=NCC(C)(C)CS1. The molecular formula is C13H25N3OS. The molecule has 0 radical (unpaired) electrons. The number of carbonyl (C=O) groups is 1. The number of aliphatic imine (C=N–C) groups is 1. The number of amidine groups is 1. The standard InChI is InChI=1S/C13H25N3OS/c1-9(2)6-14-11(17)10(3)16-12-15-7-13(4,5)8-18-12/h9-10H,6-8H2,1-5H3,(H,14,17)(H,15,16). The molecule has 104 valence electrons. The Morgan fingerprint density at radius 1 is 1.44 bits per heavy atom. The molecule has 5 heteroatoms. The van der Waals surface area contributed by atoms with Crippen molar-refractivity contribution in [2.45, 2.75) is 40.7 Å². The molecule has 1 atom stereocenters. The van der Waals surface area contributed by atoms with Crippen molar-refractivity contribution in [3.8, 4) is 0 Å². The Labute approximate surface area is 114 Å². The molecule has 1 aliphatic rings. The van der Waals surface area contributed by atoms with Gasteiger partial charge < -0.3 is 10.6 Å². The van der Waals surface area contributed by atoms with Crippen LogP contribution in [0.15, 0.2) is 4.99 Å². The largest absolute Gasteiger partial charge is 0.354 e. The van der Waals surface area contributed by atoms with Crippen molar-refractivity contribution in [3.63, 3.8) is 0 Å². The number of hydrogen-bond donors (Lipinski definition) is 2. The Morgan fingerprint density at radius 3 is 2.61 bits per heavy atom. The van der Waals surface area contributed by atoms with Gasteiger partial charge in [-0.2, -0.15) is 0 Å². The Kier molecular flexibility index (Phi) is 5.50. The molecule has 0 aromatic rings. The summed E-state index contributed by atoms with van der Waals surface area (Å²) in [6, 6.07) is -0.226. The molecule has 0 aromatic heterocycles. The van der Waals surface area contributed by atoms with Crippen molar-refractivity contribution in [3.05, 3.63) is 0 Å². The van der Waals surface area contributed by atoms with Gasteiger partial charge in [-0.05, 0) is 18.3 Å². The van der Waals surface area contributed by atoms with Crippen LogP contribution < -0.4 is 10.6 Å². The van der Waals surface area contributed by atoms with Crippen molar-refractivity contribution in [1.29, 1.82) is 0 Å². The lowest BCUT2D eigenvalue weighted by molar-refractivity contribution is -0.122. The van der Waals surface area contributed by atoms with Crippen LogP contribution in [0.2, 0.25) is 0 Å². The monoisotopic (exact) mass is 271 g/mol. The maximum Gasteiger partial charge on any atom is 0.242 e. The smallest absolute Gasteiger partial charge is 0.242 e. The second-order valence-electron chi connectivity index (χ2n) is 6.08. The van der Waals surface area contributed by atoms with Gasteiger partial charge >= 0.3 is 0 Å². The average Bonchev–Trinajstić information content (AvgIpc) is 2.28. The molecule has 1 rings (SSSR count). The fourth-order valence-electron chi connectivity index (χ4n) is 1.44. The maximum atomic E-state index is 11.8. The summed E-state index contributed by atoms with van der Waals surface area (Å²) in [5.74, 6) is 1.55. The van der Waals surface area contributed by atoms with Crippen molar-refractivity contribution in [2.75, 3.05) is 18.8 Å². The molecule has 1 heterocycles. The summed E-state index contributed by atoms with van der Waals surface area (Å²) in [4.78, 5) is 16.3. The van der Waals surface area contributed by atoms with Gasteiger partial charge in [0.1, 0.15) is 6.04 Å². The van der Waals surface area contributed by atoms with Gasteiger partial charge in [-0.15, -0.1) is 0 Å². The lowest BCUT2D eigenvalue weighted by Gasteiger charge is -2.28. The van der Waals surface area contributed by atoms with E-state index in [0.29, 0.717) is 5.92 Å². The highest BCUT2D eigenvalue weighted by atomic mass is 32.2. The summed E-state index contributed by atoms with van der Waals surface area (Å²) < 4.78 is 0. The molecule has 1 amide bonds. The number of rotatable bonds is 4. The minimum Gasteiger partial charge on any atom is -0.354 e. The van der Waals surface area contributed by atoms with Crippen LogP contribution in [0.5, 0.6) is 0 Å². The summed E-state index contributed by atoms with van der Waals surface area (Å²) in [6.07, 6.45) is 0. The molecule has 0 saturated heterocycles. The minimum atomic E-state index is -0.226. The van der Waals surface area contributed by atoms with Crippen LogP contribution in [0.4, 0.5) is 0 Å². The van der Waals surface area contributed by atoms with Gasteiger partial charge in [-0.25, -0.2) is 0 Å². The molecule has 0 aromatic carbocycles. The Balaban J connectivity index is 2.38. The van der Waals surface area contributed by atoms with E-state index < -0.39 is 0 Å². The van der Waals surface area contributed by atoms with Gasteiger partial charge in [0.2, 0.25) is 5.91 Å². The second-order valence-corrected chi connectivity index (χ2v) is 7.04. The third-order valence-corrected chi connectivity index (χ3v) is 4.11. The van der Waals surface area contributed by atoms with Gasteiger partial charge in [0.25, 0.3) is 0 Å². The zero-order valence-corrected chi connectivity index (χ0v) is 12.9. The quantitative estimate of drug-likeness (QED) is 0.820. The molecule has 2 N–H and O–H groups in total. The highest BCUT2D eigenvalue weighted by molar-refractivity contribution is 8.13. The average molecular weight is 271 g/mol. The number of hydrogen-bond acceptors (Lipinski definition) is 4. The van der Waals surface area contributed by atoms with Gasteiger partial charge in [0.05, 0.1) is 0 Å². The van der Waals surface area contributed by atoms with Crippen molar-refractivity contribution >= 4 is 22.8 Å². The minimum absolute atomic E-state index is 0.0387.